The molecular formula is C15H25O4P. The first kappa shape index (κ1) is 17.4. The van der Waals surface area contributed by atoms with E-state index >= 15 is 0 Å². The minimum absolute atomic E-state index is 0.133. The molecule has 0 heterocycles. The Kier molecular flexibility index (Phi) is 7.42. The molecule has 1 rings (SSSR count). The van der Waals surface area contributed by atoms with Crippen LogP contribution in [0.15, 0.2) is 23.5 Å². The minimum Gasteiger partial charge on any atom is -0.306 e. The van der Waals surface area contributed by atoms with E-state index in [-0.39, 0.29) is 11.7 Å². The molecule has 1 aliphatic rings. The van der Waals surface area contributed by atoms with Gasteiger partial charge in [0.1, 0.15) is 0 Å². The zero-order valence-corrected chi connectivity index (χ0v) is 13.5. The summed E-state index contributed by atoms with van der Waals surface area (Å²) in [6.07, 6.45) is 6.96. The van der Waals surface area contributed by atoms with E-state index < -0.39 is 7.60 Å². The minimum atomic E-state index is -3.15. The van der Waals surface area contributed by atoms with Gasteiger partial charge in [0.15, 0.2) is 5.78 Å². The Hall–Kier alpha value is -0.700. The Morgan fingerprint density at radius 2 is 1.90 bits per heavy atom. The van der Waals surface area contributed by atoms with Gasteiger partial charge in [-0.2, -0.15) is 0 Å². The van der Waals surface area contributed by atoms with Crippen molar-refractivity contribution < 1.29 is 18.4 Å². The van der Waals surface area contributed by atoms with E-state index in [1.165, 1.54) is 0 Å². The first-order chi connectivity index (χ1) is 9.54. The van der Waals surface area contributed by atoms with Gasteiger partial charge < -0.3 is 9.05 Å². The highest BCUT2D eigenvalue weighted by atomic mass is 31.2. The predicted molar refractivity (Wildman–Crippen MR) is 80.7 cm³/mol. The van der Waals surface area contributed by atoms with Crippen LogP contribution in [0, 0.1) is 5.92 Å². The lowest BCUT2D eigenvalue weighted by atomic mass is 9.87. The number of allylic oxidation sites excluding steroid dienone is 3. The molecule has 1 atom stereocenters. The van der Waals surface area contributed by atoms with Gasteiger partial charge in [-0.1, -0.05) is 18.6 Å². The van der Waals surface area contributed by atoms with Crippen LogP contribution in [0.25, 0.3) is 0 Å². The van der Waals surface area contributed by atoms with Gasteiger partial charge >= 0.3 is 7.60 Å². The maximum atomic E-state index is 12.4. The van der Waals surface area contributed by atoms with E-state index in [1.807, 2.05) is 6.08 Å². The molecule has 0 aromatic heterocycles. The van der Waals surface area contributed by atoms with Gasteiger partial charge in [-0.25, -0.2) is 0 Å². The van der Waals surface area contributed by atoms with Gasteiger partial charge in [0.05, 0.1) is 13.2 Å². The zero-order chi connectivity index (χ0) is 15.0. The van der Waals surface area contributed by atoms with E-state index in [0.717, 1.165) is 24.8 Å². The highest BCUT2D eigenvalue weighted by Crippen LogP contribution is 2.50. The van der Waals surface area contributed by atoms with E-state index in [1.54, 1.807) is 25.7 Å². The molecule has 5 heteroatoms. The second-order valence-corrected chi connectivity index (χ2v) is 6.66. The number of carbonyl (C=O) groups excluding carboxylic acids is 1. The fraction of sp³-hybridized carbons (Fsp3) is 0.667. The van der Waals surface area contributed by atoms with Gasteiger partial charge in [0.2, 0.25) is 0 Å². The number of ketones is 1. The van der Waals surface area contributed by atoms with Crippen LogP contribution in [0.5, 0.6) is 0 Å². The number of hydrogen-bond acceptors (Lipinski definition) is 4. The smallest absolute Gasteiger partial charge is 0.306 e. The zero-order valence-electron chi connectivity index (χ0n) is 12.6. The molecule has 0 radical (unpaired) electrons. The largest absolute Gasteiger partial charge is 0.353 e. The predicted octanol–water partition coefficient (Wildman–Crippen LogP) is 4.47. The topological polar surface area (TPSA) is 52.6 Å². The molecule has 4 nitrogen and oxygen atoms in total. The standard InChI is InChI=1S/C15H25O4P/c1-4-13(14-8-7-9-15(16)12-14)10-11-20(17,18-5-2)19-6-3/h10-13H,4-9H2,1-3H3/b11-10+. The third-order valence-corrected chi connectivity index (χ3v) is 5.04. The van der Waals surface area contributed by atoms with Crippen molar-refractivity contribution in [1.29, 1.82) is 0 Å². The lowest BCUT2D eigenvalue weighted by molar-refractivity contribution is -0.115. The quantitative estimate of drug-likeness (QED) is 0.620. The van der Waals surface area contributed by atoms with E-state index in [2.05, 4.69) is 6.92 Å². The third kappa shape index (κ3) is 5.35. The van der Waals surface area contributed by atoms with Crippen LogP contribution >= 0.6 is 7.60 Å². The normalized spacial score (nSPS) is 18.4. The Morgan fingerprint density at radius 3 is 2.40 bits per heavy atom. The molecule has 0 bridgehead atoms. The van der Waals surface area contributed by atoms with Crippen molar-refractivity contribution in [2.75, 3.05) is 13.2 Å². The van der Waals surface area contributed by atoms with Crippen molar-refractivity contribution in [3.63, 3.8) is 0 Å². The van der Waals surface area contributed by atoms with Gasteiger partial charge in [-0.15, -0.1) is 0 Å². The lowest BCUT2D eigenvalue weighted by Gasteiger charge is -2.19. The molecule has 0 aromatic rings. The Morgan fingerprint density at radius 1 is 1.25 bits per heavy atom. The summed E-state index contributed by atoms with van der Waals surface area (Å²) in [6, 6.07) is 0. The van der Waals surface area contributed by atoms with Crippen molar-refractivity contribution in [3.8, 4) is 0 Å². The second kappa shape index (κ2) is 8.56. The molecule has 0 amide bonds. The maximum absolute atomic E-state index is 12.4. The average molecular weight is 300 g/mol. The molecule has 114 valence electrons. The second-order valence-electron chi connectivity index (χ2n) is 4.77. The average Bonchev–Trinajstić information content (AvgIpc) is 2.40. The summed E-state index contributed by atoms with van der Waals surface area (Å²) in [6.45, 7) is 6.33. The SMILES string of the molecule is CCOP(=O)(/C=C/C(CC)C1=CC(=O)CCC1)OCC. The first-order valence-electron chi connectivity index (χ1n) is 7.36. The summed E-state index contributed by atoms with van der Waals surface area (Å²) in [7, 11) is -3.15. The van der Waals surface area contributed by atoms with Gasteiger partial charge in [-0.05, 0) is 45.1 Å². The molecule has 0 fully saturated rings. The monoisotopic (exact) mass is 300 g/mol. The molecule has 0 saturated heterocycles. The summed E-state index contributed by atoms with van der Waals surface area (Å²) in [5, 5.41) is 0. The summed E-state index contributed by atoms with van der Waals surface area (Å²) >= 11 is 0. The van der Waals surface area contributed by atoms with Crippen molar-refractivity contribution in [2.45, 2.75) is 46.5 Å². The first-order valence-corrected chi connectivity index (χ1v) is 8.97. The van der Waals surface area contributed by atoms with E-state index in [0.29, 0.717) is 19.6 Å². The third-order valence-electron chi connectivity index (χ3n) is 3.27. The molecule has 1 unspecified atom stereocenters. The van der Waals surface area contributed by atoms with Crippen molar-refractivity contribution in [1.82, 2.24) is 0 Å². The van der Waals surface area contributed by atoms with Gasteiger partial charge in [0.25, 0.3) is 0 Å². The molecule has 0 aromatic carbocycles. The molecule has 20 heavy (non-hydrogen) atoms. The molecule has 0 spiro atoms. The summed E-state index contributed by atoms with van der Waals surface area (Å²) < 4.78 is 22.8. The molecule has 0 saturated carbocycles. The van der Waals surface area contributed by atoms with Crippen molar-refractivity contribution in [2.24, 2.45) is 5.92 Å². The lowest BCUT2D eigenvalue weighted by Crippen LogP contribution is -2.09. The Balaban J connectivity index is 2.82. The van der Waals surface area contributed by atoms with Gasteiger partial charge in [0, 0.05) is 12.2 Å². The summed E-state index contributed by atoms with van der Waals surface area (Å²) in [4.78, 5) is 11.5. The summed E-state index contributed by atoms with van der Waals surface area (Å²) in [5.74, 6) is 1.87. The van der Waals surface area contributed by atoms with E-state index in [4.69, 9.17) is 9.05 Å². The number of carbonyl (C=O) groups is 1. The fourth-order valence-corrected chi connectivity index (χ4v) is 3.71. The van der Waals surface area contributed by atoms with Crippen molar-refractivity contribution in [3.05, 3.63) is 23.5 Å². The van der Waals surface area contributed by atoms with Crippen LogP contribution in [0.3, 0.4) is 0 Å². The van der Waals surface area contributed by atoms with Gasteiger partial charge in [-0.3, -0.25) is 9.36 Å². The van der Waals surface area contributed by atoms with Crippen LogP contribution in [0.4, 0.5) is 0 Å². The Bertz CT molecular complexity index is 416. The van der Waals surface area contributed by atoms with Crippen molar-refractivity contribution >= 4 is 13.4 Å². The summed E-state index contributed by atoms with van der Waals surface area (Å²) in [5.41, 5.74) is 1.12. The van der Waals surface area contributed by atoms with E-state index in [9.17, 15) is 9.36 Å². The fourth-order valence-electron chi connectivity index (χ4n) is 2.32. The number of hydrogen-bond donors (Lipinski definition) is 0. The van der Waals surface area contributed by atoms with Crippen LogP contribution in [0.2, 0.25) is 0 Å². The molecular weight excluding hydrogens is 275 g/mol. The molecule has 0 aliphatic heterocycles. The maximum Gasteiger partial charge on any atom is 0.353 e. The molecule has 0 N–H and O–H groups in total. The van der Waals surface area contributed by atoms with Crippen LogP contribution in [0.1, 0.15) is 46.5 Å². The highest BCUT2D eigenvalue weighted by molar-refractivity contribution is 7.57. The highest BCUT2D eigenvalue weighted by Gasteiger charge is 2.21. The van der Waals surface area contributed by atoms with Crippen LogP contribution in [-0.4, -0.2) is 19.0 Å². The Labute approximate surface area is 121 Å². The van der Waals surface area contributed by atoms with Crippen LogP contribution in [-0.2, 0) is 18.4 Å². The number of rotatable bonds is 8. The molecule has 1 aliphatic carbocycles. The van der Waals surface area contributed by atoms with Crippen LogP contribution < -0.4 is 0 Å².